The van der Waals surface area contributed by atoms with Crippen LogP contribution in [-0.4, -0.2) is 25.4 Å². The predicted octanol–water partition coefficient (Wildman–Crippen LogP) is 3.31. The molecular formula is C15H19Cl2N3O2. The lowest BCUT2D eigenvalue weighted by atomic mass is 9.91. The molecule has 0 aromatic heterocycles. The van der Waals surface area contributed by atoms with Crippen LogP contribution >= 0.6 is 23.2 Å². The van der Waals surface area contributed by atoms with Gasteiger partial charge in [-0.15, -0.1) is 0 Å². The first-order chi connectivity index (χ1) is 10.6. The number of ether oxygens (including phenoxy) is 1. The van der Waals surface area contributed by atoms with Crippen molar-refractivity contribution >= 4 is 34.9 Å². The fourth-order valence-electron chi connectivity index (χ4n) is 2.38. The summed E-state index contributed by atoms with van der Waals surface area (Å²) in [7, 11) is 1.61. The zero-order chi connectivity index (χ0) is 16.1. The summed E-state index contributed by atoms with van der Waals surface area (Å²) in [6.45, 7) is 2.36. The molecule has 1 aromatic carbocycles. The number of hydrogen-bond acceptors (Lipinski definition) is 4. The maximum Gasteiger partial charge on any atom is 0.238 e. The van der Waals surface area contributed by atoms with Gasteiger partial charge in [-0.2, -0.15) is 0 Å². The van der Waals surface area contributed by atoms with Crippen LogP contribution in [0.25, 0.3) is 0 Å². The van der Waals surface area contributed by atoms with Gasteiger partial charge >= 0.3 is 0 Å². The van der Waals surface area contributed by atoms with E-state index in [-0.39, 0.29) is 11.8 Å². The minimum absolute atomic E-state index is 0.0654. The number of rotatable bonds is 3. The molecular weight excluding hydrogens is 325 g/mol. The summed E-state index contributed by atoms with van der Waals surface area (Å²) in [6.07, 6.45) is 2.00. The molecule has 0 saturated carbocycles. The summed E-state index contributed by atoms with van der Waals surface area (Å²) < 4.78 is 5.39. The SMILES string of the molecule is CCC(=O)NNC1=NCC(c2c(OC)ccc(Cl)c2Cl)CC1. The topological polar surface area (TPSA) is 62.7 Å². The summed E-state index contributed by atoms with van der Waals surface area (Å²) in [5.74, 6) is 1.58. The van der Waals surface area contributed by atoms with Gasteiger partial charge in [-0.25, -0.2) is 0 Å². The van der Waals surface area contributed by atoms with Crippen molar-refractivity contribution in [2.75, 3.05) is 13.7 Å². The van der Waals surface area contributed by atoms with E-state index in [9.17, 15) is 4.79 Å². The number of hydrazine groups is 1. The molecule has 0 spiro atoms. The van der Waals surface area contributed by atoms with Gasteiger partial charge in [-0.05, 0) is 18.6 Å². The molecule has 22 heavy (non-hydrogen) atoms. The zero-order valence-electron chi connectivity index (χ0n) is 12.6. The Morgan fingerprint density at radius 1 is 1.45 bits per heavy atom. The van der Waals surface area contributed by atoms with Crippen molar-refractivity contribution in [1.29, 1.82) is 0 Å². The molecule has 1 atom stereocenters. The largest absolute Gasteiger partial charge is 0.496 e. The number of nitrogens with zero attached hydrogens (tertiary/aromatic N) is 1. The molecule has 0 bridgehead atoms. The van der Waals surface area contributed by atoms with Crippen LogP contribution in [0.4, 0.5) is 0 Å². The highest BCUT2D eigenvalue weighted by Crippen LogP contribution is 2.40. The Balaban J connectivity index is 2.10. The van der Waals surface area contributed by atoms with Crippen LogP contribution in [-0.2, 0) is 4.79 Å². The molecule has 120 valence electrons. The Morgan fingerprint density at radius 3 is 2.82 bits per heavy atom. The standard InChI is InChI=1S/C15H19Cl2N3O2/c1-3-13(21)20-19-12-7-4-9(8-18-12)14-11(22-2)6-5-10(16)15(14)17/h5-6,9H,3-4,7-8H2,1-2H3,(H,18,19)(H,20,21). The van der Waals surface area contributed by atoms with Gasteiger partial charge in [0.1, 0.15) is 11.6 Å². The van der Waals surface area contributed by atoms with Gasteiger partial charge in [0.15, 0.2) is 0 Å². The average molecular weight is 344 g/mol. The predicted molar refractivity (Wildman–Crippen MR) is 88.9 cm³/mol. The van der Waals surface area contributed by atoms with Crippen LogP contribution in [0.3, 0.4) is 0 Å². The molecule has 1 aromatic rings. The summed E-state index contributed by atoms with van der Waals surface area (Å²) in [5.41, 5.74) is 6.37. The van der Waals surface area contributed by atoms with E-state index in [1.165, 1.54) is 0 Å². The Hall–Kier alpha value is -1.46. The second kappa shape index (κ2) is 7.70. The first-order valence-electron chi connectivity index (χ1n) is 7.16. The average Bonchev–Trinajstić information content (AvgIpc) is 2.55. The quantitative estimate of drug-likeness (QED) is 0.827. The van der Waals surface area contributed by atoms with E-state index in [1.54, 1.807) is 20.1 Å². The van der Waals surface area contributed by atoms with Crippen LogP contribution in [0, 0.1) is 0 Å². The number of nitrogens with one attached hydrogen (secondary N) is 2. The minimum atomic E-state index is -0.0654. The van der Waals surface area contributed by atoms with E-state index in [1.807, 2.05) is 6.07 Å². The lowest BCUT2D eigenvalue weighted by Crippen LogP contribution is -2.42. The van der Waals surface area contributed by atoms with Crippen molar-refractivity contribution in [2.45, 2.75) is 32.1 Å². The molecule has 0 saturated heterocycles. The molecule has 0 radical (unpaired) electrons. The van der Waals surface area contributed by atoms with Crippen LogP contribution in [0.5, 0.6) is 5.75 Å². The minimum Gasteiger partial charge on any atom is -0.496 e. The number of methoxy groups -OCH3 is 1. The van der Waals surface area contributed by atoms with Crippen molar-refractivity contribution in [3.05, 3.63) is 27.7 Å². The highest BCUT2D eigenvalue weighted by molar-refractivity contribution is 6.42. The lowest BCUT2D eigenvalue weighted by molar-refractivity contribution is -0.121. The van der Waals surface area contributed by atoms with Crippen molar-refractivity contribution < 1.29 is 9.53 Å². The Bertz CT molecular complexity index is 590. The number of carbonyl (C=O) groups is 1. The van der Waals surface area contributed by atoms with Gasteiger partial charge < -0.3 is 4.74 Å². The maximum absolute atomic E-state index is 11.2. The molecule has 5 nitrogen and oxygen atoms in total. The smallest absolute Gasteiger partial charge is 0.238 e. The van der Waals surface area contributed by atoms with E-state index >= 15 is 0 Å². The molecule has 7 heteroatoms. The number of amidine groups is 1. The molecule has 1 amide bonds. The van der Waals surface area contributed by atoms with Crippen LogP contribution < -0.4 is 15.6 Å². The summed E-state index contributed by atoms with van der Waals surface area (Å²) in [4.78, 5) is 15.7. The van der Waals surface area contributed by atoms with Crippen molar-refractivity contribution in [1.82, 2.24) is 10.9 Å². The number of halogens is 2. The van der Waals surface area contributed by atoms with Crippen molar-refractivity contribution in [3.8, 4) is 5.75 Å². The maximum atomic E-state index is 11.2. The normalized spacial score (nSPS) is 17.6. The number of amides is 1. The first-order valence-corrected chi connectivity index (χ1v) is 7.92. The zero-order valence-corrected chi connectivity index (χ0v) is 14.1. The third-order valence-electron chi connectivity index (χ3n) is 3.62. The van der Waals surface area contributed by atoms with Crippen LogP contribution in [0.15, 0.2) is 17.1 Å². The third kappa shape index (κ3) is 3.84. The summed E-state index contributed by atoms with van der Waals surface area (Å²) in [5, 5.41) is 1.04. The van der Waals surface area contributed by atoms with Gasteiger partial charge in [0, 0.05) is 30.9 Å². The van der Waals surface area contributed by atoms with Gasteiger partial charge in [0.2, 0.25) is 5.91 Å². The monoisotopic (exact) mass is 343 g/mol. The Kier molecular flexibility index (Phi) is 5.91. The van der Waals surface area contributed by atoms with Crippen molar-refractivity contribution in [2.24, 2.45) is 4.99 Å². The van der Waals surface area contributed by atoms with Gasteiger partial charge in [-0.1, -0.05) is 30.1 Å². The molecule has 2 N–H and O–H groups in total. The van der Waals surface area contributed by atoms with E-state index in [0.29, 0.717) is 23.0 Å². The molecule has 1 aliphatic heterocycles. The van der Waals surface area contributed by atoms with Gasteiger partial charge in [0.25, 0.3) is 0 Å². The molecule has 1 unspecified atom stereocenters. The molecule has 0 fully saturated rings. The summed E-state index contributed by atoms with van der Waals surface area (Å²) >= 11 is 12.4. The van der Waals surface area contributed by atoms with Crippen molar-refractivity contribution in [3.63, 3.8) is 0 Å². The second-order valence-electron chi connectivity index (χ2n) is 5.03. The number of carbonyl (C=O) groups excluding carboxylic acids is 1. The molecule has 2 rings (SSSR count). The fourth-order valence-corrected chi connectivity index (χ4v) is 2.85. The first kappa shape index (κ1) is 16.9. The lowest BCUT2D eigenvalue weighted by Gasteiger charge is -2.25. The van der Waals surface area contributed by atoms with E-state index in [4.69, 9.17) is 27.9 Å². The van der Waals surface area contributed by atoms with E-state index in [2.05, 4.69) is 15.8 Å². The molecule has 1 heterocycles. The van der Waals surface area contributed by atoms with Crippen LogP contribution in [0.1, 0.15) is 37.7 Å². The third-order valence-corrected chi connectivity index (χ3v) is 4.44. The number of benzene rings is 1. The second-order valence-corrected chi connectivity index (χ2v) is 5.81. The Labute approximate surface area is 140 Å². The highest BCUT2D eigenvalue weighted by Gasteiger charge is 2.24. The number of aliphatic imine (C=N–C) groups is 1. The highest BCUT2D eigenvalue weighted by atomic mass is 35.5. The number of hydrogen-bond donors (Lipinski definition) is 2. The van der Waals surface area contributed by atoms with Gasteiger partial charge in [0.05, 0.1) is 17.2 Å². The van der Waals surface area contributed by atoms with Crippen LogP contribution in [0.2, 0.25) is 10.0 Å². The van der Waals surface area contributed by atoms with E-state index < -0.39 is 0 Å². The molecule has 1 aliphatic rings. The summed E-state index contributed by atoms with van der Waals surface area (Å²) in [6, 6.07) is 3.55. The Morgan fingerprint density at radius 2 is 2.23 bits per heavy atom. The fraction of sp³-hybridized carbons (Fsp3) is 0.467. The van der Waals surface area contributed by atoms with Gasteiger partial charge in [-0.3, -0.25) is 20.6 Å². The van der Waals surface area contributed by atoms with E-state index in [0.717, 1.165) is 30.0 Å². The molecule has 0 aliphatic carbocycles.